The molecular weight excluding hydrogens is 302 g/mol. The van der Waals surface area contributed by atoms with Crippen molar-refractivity contribution in [2.45, 2.75) is 43.2 Å². The molecule has 0 saturated heterocycles. The number of ether oxygens (including phenoxy) is 1. The lowest BCUT2D eigenvalue weighted by Crippen LogP contribution is -2.46. The summed E-state index contributed by atoms with van der Waals surface area (Å²) >= 11 is 1.50. The third-order valence-corrected chi connectivity index (χ3v) is 4.06. The van der Waals surface area contributed by atoms with Gasteiger partial charge in [-0.05, 0) is 50.3 Å². The van der Waals surface area contributed by atoms with Gasteiger partial charge in [-0.3, -0.25) is 9.59 Å². The van der Waals surface area contributed by atoms with Gasteiger partial charge in [-0.25, -0.2) is 0 Å². The van der Waals surface area contributed by atoms with Crippen molar-refractivity contribution in [3.8, 4) is 0 Å². The Bertz CT molecular complexity index is 690. The van der Waals surface area contributed by atoms with Crippen molar-refractivity contribution < 1.29 is 14.3 Å². The topological polar surface area (TPSA) is 92.1 Å². The lowest BCUT2D eigenvalue weighted by atomic mass is 9.95. The van der Waals surface area contributed by atoms with Crippen molar-refractivity contribution in [2.75, 3.05) is 6.26 Å². The van der Waals surface area contributed by atoms with Gasteiger partial charge in [-0.15, -0.1) is 11.8 Å². The van der Waals surface area contributed by atoms with Crippen LogP contribution in [0.15, 0.2) is 28.2 Å². The van der Waals surface area contributed by atoms with Crippen LogP contribution in [0.3, 0.4) is 0 Å². The van der Waals surface area contributed by atoms with E-state index in [2.05, 4.69) is 10.0 Å². The molecule has 1 unspecified atom stereocenters. The fourth-order valence-corrected chi connectivity index (χ4v) is 2.79. The smallest absolute Gasteiger partial charge is 0.326 e. The zero-order chi connectivity index (χ0) is 16.5. The Morgan fingerprint density at radius 1 is 1.45 bits per heavy atom. The van der Waals surface area contributed by atoms with Crippen molar-refractivity contribution in [2.24, 2.45) is 5.11 Å². The van der Waals surface area contributed by atoms with Crippen LogP contribution in [0.25, 0.3) is 10.4 Å². The fraction of sp³-hybridized carbons (Fsp3) is 0.467. The molecule has 0 N–H and O–H groups in total. The first-order valence-electron chi connectivity index (χ1n) is 6.75. The number of hydrogen-bond donors (Lipinski definition) is 0. The minimum atomic E-state index is -1.83. The molecule has 1 aliphatic carbocycles. The monoisotopic (exact) mass is 319 g/mol. The fourth-order valence-electron chi connectivity index (χ4n) is 2.35. The maximum Gasteiger partial charge on any atom is 0.326 e. The molecule has 22 heavy (non-hydrogen) atoms. The highest BCUT2D eigenvalue weighted by atomic mass is 32.2. The van der Waals surface area contributed by atoms with E-state index in [0.717, 1.165) is 4.90 Å². The van der Waals surface area contributed by atoms with Crippen LogP contribution in [0, 0.1) is 0 Å². The molecule has 7 heteroatoms. The highest BCUT2D eigenvalue weighted by molar-refractivity contribution is 7.98. The second kappa shape index (κ2) is 5.66. The van der Waals surface area contributed by atoms with E-state index < -0.39 is 22.9 Å². The van der Waals surface area contributed by atoms with Gasteiger partial charge >= 0.3 is 5.97 Å². The van der Waals surface area contributed by atoms with Gasteiger partial charge in [0, 0.05) is 21.8 Å². The summed E-state index contributed by atoms with van der Waals surface area (Å²) < 4.78 is 5.31. The lowest BCUT2D eigenvalue weighted by molar-refractivity contribution is -0.159. The average Bonchev–Trinajstić information content (AvgIpc) is 2.71. The van der Waals surface area contributed by atoms with Crippen LogP contribution < -0.4 is 0 Å². The van der Waals surface area contributed by atoms with Crippen LogP contribution in [0.2, 0.25) is 0 Å². The largest absolute Gasteiger partial charge is 0.459 e. The van der Waals surface area contributed by atoms with E-state index in [1.807, 2.05) is 12.3 Å². The van der Waals surface area contributed by atoms with Gasteiger partial charge in [0.15, 0.2) is 5.78 Å². The summed E-state index contributed by atoms with van der Waals surface area (Å²) in [7, 11) is 0. The Hall–Kier alpha value is -1.98. The molecule has 0 aliphatic heterocycles. The van der Waals surface area contributed by atoms with Crippen LogP contribution in [-0.2, 0) is 16.0 Å². The number of fused-ring (bicyclic) bond motifs is 1. The molecule has 0 saturated carbocycles. The molecule has 6 nitrogen and oxygen atoms in total. The normalized spacial score (nSPS) is 20.3. The van der Waals surface area contributed by atoms with E-state index in [0.29, 0.717) is 11.1 Å². The predicted octanol–water partition coefficient (Wildman–Crippen LogP) is 3.54. The third kappa shape index (κ3) is 2.82. The number of thioether (sulfide) groups is 1. The number of nitrogens with zero attached hydrogens (tertiary/aromatic N) is 3. The molecule has 1 aliphatic rings. The molecule has 0 fully saturated rings. The van der Waals surface area contributed by atoms with Crippen LogP contribution >= 0.6 is 11.8 Å². The van der Waals surface area contributed by atoms with Crippen LogP contribution in [-0.4, -0.2) is 29.1 Å². The first-order valence-corrected chi connectivity index (χ1v) is 7.97. The Labute approximate surface area is 132 Å². The predicted molar refractivity (Wildman–Crippen MR) is 84.0 cm³/mol. The van der Waals surface area contributed by atoms with Gasteiger partial charge < -0.3 is 4.74 Å². The number of azide groups is 1. The zero-order valence-electron chi connectivity index (χ0n) is 12.9. The van der Waals surface area contributed by atoms with Crippen molar-refractivity contribution in [1.29, 1.82) is 0 Å². The molecule has 0 spiro atoms. The first kappa shape index (κ1) is 16.4. The molecule has 116 valence electrons. The molecule has 1 aromatic carbocycles. The number of esters is 1. The number of ketones is 1. The number of carbonyl (C=O) groups is 2. The summed E-state index contributed by atoms with van der Waals surface area (Å²) in [6.07, 6.45) is 1.94. The van der Waals surface area contributed by atoms with Crippen molar-refractivity contribution in [3.63, 3.8) is 0 Å². The molecule has 0 bridgehead atoms. The Morgan fingerprint density at radius 3 is 2.68 bits per heavy atom. The van der Waals surface area contributed by atoms with Crippen molar-refractivity contribution in [1.82, 2.24) is 0 Å². The van der Waals surface area contributed by atoms with Gasteiger partial charge in [0.2, 0.25) is 5.54 Å². The second-order valence-corrected chi connectivity index (χ2v) is 6.96. The van der Waals surface area contributed by atoms with Gasteiger partial charge in [-0.1, -0.05) is 11.2 Å². The summed E-state index contributed by atoms with van der Waals surface area (Å²) in [5.74, 6) is -1.30. The van der Waals surface area contributed by atoms with Crippen LogP contribution in [0.5, 0.6) is 0 Å². The quantitative estimate of drug-likeness (QED) is 0.213. The SMILES string of the molecule is CSc1ccc2c(c1)C(=O)C(N=[N+]=[N-])(C(=O)OC(C)(C)C)C2. The third-order valence-electron chi connectivity index (χ3n) is 3.34. The molecule has 1 atom stereocenters. The highest BCUT2D eigenvalue weighted by Gasteiger charge is 2.53. The van der Waals surface area contributed by atoms with E-state index in [1.54, 1.807) is 32.9 Å². The minimum Gasteiger partial charge on any atom is -0.459 e. The van der Waals surface area contributed by atoms with Crippen molar-refractivity contribution >= 4 is 23.5 Å². The number of rotatable bonds is 3. The lowest BCUT2D eigenvalue weighted by Gasteiger charge is -2.26. The molecule has 1 aromatic rings. The van der Waals surface area contributed by atoms with E-state index in [4.69, 9.17) is 10.3 Å². The maximum atomic E-state index is 12.7. The molecular formula is C15H17N3O3S. The van der Waals surface area contributed by atoms with E-state index >= 15 is 0 Å². The van der Waals surface area contributed by atoms with E-state index in [1.165, 1.54) is 11.8 Å². The van der Waals surface area contributed by atoms with Gasteiger partial charge in [0.05, 0.1) is 0 Å². The van der Waals surface area contributed by atoms with E-state index in [9.17, 15) is 9.59 Å². The summed E-state index contributed by atoms with van der Waals surface area (Å²) in [4.78, 5) is 28.8. The molecule has 0 amide bonds. The molecule has 0 heterocycles. The van der Waals surface area contributed by atoms with Gasteiger partial charge in [0.25, 0.3) is 0 Å². The summed E-state index contributed by atoms with van der Waals surface area (Å²) in [6, 6.07) is 5.39. The van der Waals surface area contributed by atoms with Gasteiger partial charge in [0.1, 0.15) is 5.60 Å². The summed E-state index contributed by atoms with van der Waals surface area (Å²) in [5.41, 5.74) is 7.35. The first-order chi connectivity index (χ1) is 10.2. The number of hydrogen-bond acceptors (Lipinski definition) is 5. The number of benzene rings is 1. The summed E-state index contributed by atoms with van der Waals surface area (Å²) in [6.45, 7) is 5.10. The standard InChI is InChI=1S/C15H17N3O3S/c1-14(2,3)21-13(20)15(17-18-16)8-9-5-6-10(22-4)7-11(9)12(15)19/h5-7H,8H2,1-4H3. The van der Waals surface area contributed by atoms with Gasteiger partial charge in [-0.2, -0.15) is 0 Å². The van der Waals surface area contributed by atoms with Crippen LogP contribution in [0.4, 0.5) is 0 Å². The van der Waals surface area contributed by atoms with Crippen LogP contribution in [0.1, 0.15) is 36.7 Å². The number of carbonyl (C=O) groups excluding carboxylic acids is 2. The zero-order valence-corrected chi connectivity index (χ0v) is 13.7. The Balaban J connectivity index is 2.49. The maximum absolute atomic E-state index is 12.7. The molecule has 0 aromatic heterocycles. The molecule has 0 radical (unpaired) electrons. The highest BCUT2D eigenvalue weighted by Crippen LogP contribution is 2.37. The number of Topliss-reactive ketones (excluding diaryl/α,β-unsaturated/α-hetero) is 1. The Morgan fingerprint density at radius 2 is 2.14 bits per heavy atom. The van der Waals surface area contributed by atoms with E-state index in [-0.39, 0.29) is 6.42 Å². The summed E-state index contributed by atoms with van der Waals surface area (Å²) in [5, 5.41) is 3.54. The van der Waals surface area contributed by atoms with Crippen molar-refractivity contribution in [3.05, 3.63) is 39.8 Å². The average molecular weight is 319 g/mol. The molecule has 2 rings (SSSR count). The minimum absolute atomic E-state index is 0.0365. The second-order valence-electron chi connectivity index (χ2n) is 6.08. The Kier molecular flexibility index (Phi) is 4.22.